The molecule has 8 heavy (non-hydrogen) atoms. The molecule has 0 amide bonds. The molecule has 0 rings (SSSR count). The second kappa shape index (κ2) is 5.22. The molecule has 0 saturated carbocycles. The molecule has 3 heteroatoms. The topological polar surface area (TPSA) is 3.24 Å². The molecule has 0 bridgehead atoms. The first kappa shape index (κ1) is 9.42. The van der Waals surface area contributed by atoms with Crippen LogP contribution in [0.3, 0.4) is 0 Å². The van der Waals surface area contributed by atoms with Gasteiger partial charge in [-0.3, -0.25) is 0 Å². The van der Waals surface area contributed by atoms with Gasteiger partial charge in [-0.15, -0.1) is 0 Å². The summed E-state index contributed by atoms with van der Waals surface area (Å²) in [5.74, 6) is 0. The van der Waals surface area contributed by atoms with E-state index in [0.717, 1.165) is 3.92 Å². The fourth-order valence-electron chi connectivity index (χ4n) is 0.445. The van der Waals surface area contributed by atoms with E-state index in [2.05, 4.69) is 64.2 Å². The Labute approximate surface area is 78.5 Å². The van der Waals surface area contributed by atoms with Crippen LogP contribution < -0.4 is 0 Å². The predicted molar refractivity (Wildman–Crippen MR) is 55.2 cm³/mol. The molecular weight excluding hydrogens is 328 g/mol. The van der Waals surface area contributed by atoms with E-state index in [1.54, 1.807) is 0 Å². The molecular formula is C5H11I2N. The Morgan fingerprint density at radius 2 is 2.00 bits per heavy atom. The van der Waals surface area contributed by atoms with Gasteiger partial charge in [0, 0.05) is 14.9 Å². The van der Waals surface area contributed by atoms with Crippen molar-refractivity contribution < 1.29 is 0 Å². The van der Waals surface area contributed by atoms with Crippen LogP contribution in [0.5, 0.6) is 0 Å². The number of halogens is 2. The van der Waals surface area contributed by atoms with Crippen molar-refractivity contribution in [2.75, 3.05) is 25.1 Å². The molecule has 50 valence electrons. The van der Waals surface area contributed by atoms with Crippen LogP contribution in [0.4, 0.5) is 0 Å². The van der Waals surface area contributed by atoms with Gasteiger partial charge in [-0.25, -0.2) is 0 Å². The average molecular weight is 339 g/mol. The second-order valence-corrected chi connectivity index (χ2v) is 4.66. The van der Waals surface area contributed by atoms with E-state index in [0.29, 0.717) is 0 Å². The predicted octanol–water partition coefficient (Wildman–Crippen LogP) is 1.79. The van der Waals surface area contributed by atoms with Crippen molar-refractivity contribution in [1.29, 1.82) is 0 Å². The first-order chi connectivity index (χ1) is 3.66. The SMILES string of the molecule is CN(C)CC(I)CI. The van der Waals surface area contributed by atoms with E-state index in [9.17, 15) is 0 Å². The van der Waals surface area contributed by atoms with E-state index in [4.69, 9.17) is 0 Å². The summed E-state index contributed by atoms with van der Waals surface area (Å²) >= 11 is 4.88. The largest absolute Gasteiger partial charge is 0.308 e. The molecule has 0 aliphatic heterocycles. The monoisotopic (exact) mass is 339 g/mol. The minimum absolute atomic E-state index is 0.809. The van der Waals surface area contributed by atoms with E-state index >= 15 is 0 Å². The van der Waals surface area contributed by atoms with Crippen LogP contribution in [0.15, 0.2) is 0 Å². The van der Waals surface area contributed by atoms with Crippen molar-refractivity contribution in [1.82, 2.24) is 4.90 Å². The Balaban J connectivity index is 3.10. The zero-order valence-electron chi connectivity index (χ0n) is 5.19. The lowest BCUT2D eigenvalue weighted by Gasteiger charge is -2.11. The maximum absolute atomic E-state index is 2.47. The third-order valence-electron chi connectivity index (χ3n) is 0.731. The number of nitrogens with zero attached hydrogens (tertiary/aromatic N) is 1. The van der Waals surface area contributed by atoms with E-state index in [-0.39, 0.29) is 0 Å². The van der Waals surface area contributed by atoms with Gasteiger partial charge in [-0.2, -0.15) is 0 Å². The molecule has 0 saturated heterocycles. The normalized spacial score (nSPS) is 14.6. The van der Waals surface area contributed by atoms with Gasteiger partial charge < -0.3 is 4.90 Å². The molecule has 0 aliphatic carbocycles. The Morgan fingerprint density at radius 1 is 1.50 bits per heavy atom. The van der Waals surface area contributed by atoms with E-state index < -0.39 is 0 Å². The lowest BCUT2D eigenvalue weighted by atomic mass is 10.5. The molecule has 0 N–H and O–H groups in total. The van der Waals surface area contributed by atoms with Crippen molar-refractivity contribution in [3.8, 4) is 0 Å². The standard InChI is InChI=1S/C5H11I2N/c1-8(2)4-5(7)3-6/h5H,3-4H2,1-2H3. The van der Waals surface area contributed by atoms with Crippen LogP contribution >= 0.6 is 45.2 Å². The second-order valence-electron chi connectivity index (χ2n) is 2.01. The summed E-state index contributed by atoms with van der Waals surface area (Å²) in [7, 11) is 4.22. The van der Waals surface area contributed by atoms with Crippen molar-refractivity contribution >= 4 is 45.2 Å². The van der Waals surface area contributed by atoms with Crippen molar-refractivity contribution in [2.24, 2.45) is 0 Å². The Hall–Kier alpha value is 1.42. The first-order valence-electron chi connectivity index (χ1n) is 2.51. The summed E-state index contributed by atoms with van der Waals surface area (Å²) in [6, 6.07) is 0. The van der Waals surface area contributed by atoms with Gasteiger partial charge in [0.25, 0.3) is 0 Å². The Morgan fingerprint density at radius 3 is 2.12 bits per heavy atom. The van der Waals surface area contributed by atoms with Gasteiger partial charge in [-0.1, -0.05) is 45.2 Å². The molecule has 0 fully saturated rings. The smallest absolute Gasteiger partial charge is 0.0326 e. The van der Waals surface area contributed by atoms with Crippen LogP contribution in [-0.4, -0.2) is 33.9 Å². The highest BCUT2D eigenvalue weighted by Crippen LogP contribution is 2.04. The summed E-state index contributed by atoms with van der Waals surface area (Å²) in [6.07, 6.45) is 0. The molecule has 0 aromatic carbocycles. The van der Waals surface area contributed by atoms with Crippen molar-refractivity contribution in [2.45, 2.75) is 3.92 Å². The molecule has 0 aromatic rings. The highest BCUT2D eigenvalue weighted by Gasteiger charge is 2.00. The fourth-order valence-corrected chi connectivity index (χ4v) is 1.51. The van der Waals surface area contributed by atoms with Gasteiger partial charge in [0.1, 0.15) is 0 Å². The van der Waals surface area contributed by atoms with Crippen molar-refractivity contribution in [3.05, 3.63) is 0 Å². The van der Waals surface area contributed by atoms with Gasteiger partial charge in [0.15, 0.2) is 0 Å². The molecule has 0 aromatic heterocycles. The molecule has 1 unspecified atom stereocenters. The molecule has 0 aliphatic rings. The summed E-state index contributed by atoms with van der Waals surface area (Å²) < 4.78 is 2.06. The zero-order valence-corrected chi connectivity index (χ0v) is 9.51. The minimum atomic E-state index is 0.809. The quantitative estimate of drug-likeness (QED) is 0.560. The van der Waals surface area contributed by atoms with Crippen molar-refractivity contribution in [3.63, 3.8) is 0 Å². The fraction of sp³-hybridized carbons (Fsp3) is 1.00. The van der Waals surface area contributed by atoms with Crippen LogP contribution in [0.2, 0.25) is 0 Å². The summed E-state index contributed by atoms with van der Waals surface area (Å²) in [5, 5.41) is 0. The van der Waals surface area contributed by atoms with Gasteiger partial charge in [-0.05, 0) is 14.1 Å². The van der Waals surface area contributed by atoms with Crippen LogP contribution in [0.25, 0.3) is 0 Å². The van der Waals surface area contributed by atoms with Gasteiger partial charge >= 0.3 is 0 Å². The maximum Gasteiger partial charge on any atom is 0.0326 e. The third kappa shape index (κ3) is 5.55. The average Bonchev–Trinajstić information content (AvgIpc) is 1.65. The summed E-state index contributed by atoms with van der Waals surface area (Å²) in [4.78, 5) is 2.22. The van der Waals surface area contributed by atoms with E-state index in [1.165, 1.54) is 11.0 Å². The maximum atomic E-state index is 2.47. The number of rotatable bonds is 3. The molecule has 0 heterocycles. The number of hydrogen-bond acceptors (Lipinski definition) is 1. The highest BCUT2D eigenvalue weighted by atomic mass is 127. The molecule has 1 nitrogen and oxygen atoms in total. The lowest BCUT2D eigenvalue weighted by molar-refractivity contribution is 0.420. The third-order valence-corrected chi connectivity index (χ3v) is 4.31. The minimum Gasteiger partial charge on any atom is -0.308 e. The van der Waals surface area contributed by atoms with Gasteiger partial charge in [0.2, 0.25) is 0 Å². The van der Waals surface area contributed by atoms with Crippen LogP contribution in [0, 0.1) is 0 Å². The Bertz CT molecular complexity index is 56.4. The molecule has 0 spiro atoms. The van der Waals surface area contributed by atoms with E-state index in [1.807, 2.05) is 0 Å². The summed E-state index contributed by atoms with van der Waals surface area (Å²) in [5.41, 5.74) is 0. The molecule has 1 atom stereocenters. The highest BCUT2D eigenvalue weighted by molar-refractivity contribution is 14.1. The number of alkyl halides is 2. The first-order valence-corrected chi connectivity index (χ1v) is 5.28. The Kier molecular flexibility index (Phi) is 6.15. The molecule has 0 radical (unpaired) electrons. The number of hydrogen-bond donors (Lipinski definition) is 0. The zero-order chi connectivity index (χ0) is 6.57. The lowest BCUT2D eigenvalue weighted by Crippen LogP contribution is -2.22. The summed E-state index contributed by atoms with van der Waals surface area (Å²) in [6.45, 7) is 1.20. The van der Waals surface area contributed by atoms with Gasteiger partial charge in [0.05, 0.1) is 0 Å². The van der Waals surface area contributed by atoms with Crippen LogP contribution in [0.1, 0.15) is 0 Å². The van der Waals surface area contributed by atoms with Crippen LogP contribution in [-0.2, 0) is 0 Å².